The van der Waals surface area contributed by atoms with Gasteiger partial charge in [0.2, 0.25) is 0 Å². The number of para-hydroxylation sites is 1. The molecule has 2 N–H and O–H groups in total. The van der Waals surface area contributed by atoms with Gasteiger partial charge >= 0.3 is 6.09 Å². The SMILES string of the molecule is Cl.O=C(Nc1ccccc1Br)OC1CCNCC1. The zero-order valence-electron chi connectivity index (χ0n) is 9.82. The van der Waals surface area contributed by atoms with Crippen LogP contribution in [0.2, 0.25) is 0 Å². The van der Waals surface area contributed by atoms with Crippen LogP contribution in [0.5, 0.6) is 0 Å². The number of ether oxygens (including phenoxy) is 1. The van der Waals surface area contributed by atoms with E-state index in [4.69, 9.17) is 4.74 Å². The summed E-state index contributed by atoms with van der Waals surface area (Å²) in [6, 6.07) is 7.46. The second-order valence-electron chi connectivity index (χ2n) is 3.96. The highest BCUT2D eigenvalue weighted by Gasteiger charge is 2.17. The molecule has 1 aromatic carbocycles. The van der Waals surface area contributed by atoms with Crippen LogP contribution in [-0.2, 0) is 4.74 Å². The predicted molar refractivity (Wildman–Crippen MR) is 77.4 cm³/mol. The number of carbonyl (C=O) groups is 1. The molecule has 0 bridgehead atoms. The maximum Gasteiger partial charge on any atom is 0.411 e. The number of carbonyl (C=O) groups excluding carboxylic acids is 1. The predicted octanol–water partition coefficient (Wildman–Crippen LogP) is 3.17. The van der Waals surface area contributed by atoms with Crippen LogP contribution >= 0.6 is 28.3 Å². The lowest BCUT2D eigenvalue weighted by atomic mass is 10.1. The third-order valence-corrected chi connectivity index (χ3v) is 3.36. The van der Waals surface area contributed by atoms with Gasteiger partial charge in [0.15, 0.2) is 0 Å². The number of benzene rings is 1. The van der Waals surface area contributed by atoms with Crippen molar-refractivity contribution in [2.45, 2.75) is 18.9 Å². The van der Waals surface area contributed by atoms with Gasteiger partial charge in [0, 0.05) is 4.47 Å². The van der Waals surface area contributed by atoms with Crippen molar-refractivity contribution in [2.75, 3.05) is 18.4 Å². The Morgan fingerprint density at radius 2 is 2.00 bits per heavy atom. The summed E-state index contributed by atoms with van der Waals surface area (Å²) in [6.07, 6.45) is 1.40. The molecule has 0 spiro atoms. The summed E-state index contributed by atoms with van der Waals surface area (Å²) in [4.78, 5) is 11.7. The topological polar surface area (TPSA) is 50.4 Å². The van der Waals surface area contributed by atoms with E-state index in [0.29, 0.717) is 0 Å². The molecule has 100 valence electrons. The van der Waals surface area contributed by atoms with Crippen molar-refractivity contribution < 1.29 is 9.53 Å². The summed E-state index contributed by atoms with van der Waals surface area (Å²) in [5.74, 6) is 0. The molecule has 6 heteroatoms. The molecule has 0 atom stereocenters. The van der Waals surface area contributed by atoms with Gasteiger partial charge in [-0.2, -0.15) is 0 Å². The van der Waals surface area contributed by atoms with Crippen molar-refractivity contribution in [1.82, 2.24) is 5.32 Å². The normalized spacial score (nSPS) is 15.6. The Balaban J connectivity index is 0.00000162. The minimum Gasteiger partial charge on any atom is -0.446 e. The highest BCUT2D eigenvalue weighted by Crippen LogP contribution is 2.21. The monoisotopic (exact) mass is 334 g/mol. The summed E-state index contributed by atoms with van der Waals surface area (Å²) in [5, 5.41) is 5.96. The molecule has 1 amide bonds. The van der Waals surface area contributed by atoms with Crippen LogP contribution < -0.4 is 10.6 Å². The molecule has 1 heterocycles. The van der Waals surface area contributed by atoms with E-state index in [9.17, 15) is 4.79 Å². The van der Waals surface area contributed by atoms with Crippen molar-refractivity contribution >= 4 is 40.1 Å². The second kappa shape index (κ2) is 7.61. The molecule has 0 unspecified atom stereocenters. The van der Waals surface area contributed by atoms with E-state index in [1.807, 2.05) is 24.3 Å². The lowest BCUT2D eigenvalue weighted by molar-refractivity contribution is 0.0909. The fourth-order valence-corrected chi connectivity index (χ4v) is 2.15. The van der Waals surface area contributed by atoms with Crippen LogP contribution in [0.25, 0.3) is 0 Å². The van der Waals surface area contributed by atoms with Crippen molar-refractivity contribution in [3.8, 4) is 0 Å². The van der Waals surface area contributed by atoms with Crippen molar-refractivity contribution in [3.63, 3.8) is 0 Å². The third kappa shape index (κ3) is 4.48. The number of amides is 1. The van der Waals surface area contributed by atoms with Gasteiger partial charge < -0.3 is 10.1 Å². The van der Waals surface area contributed by atoms with E-state index >= 15 is 0 Å². The van der Waals surface area contributed by atoms with Gasteiger partial charge in [-0.25, -0.2) is 4.79 Å². The average Bonchev–Trinajstić information content (AvgIpc) is 2.33. The van der Waals surface area contributed by atoms with Crippen LogP contribution in [0.4, 0.5) is 10.5 Å². The van der Waals surface area contributed by atoms with E-state index in [2.05, 4.69) is 26.6 Å². The number of nitrogens with one attached hydrogen (secondary N) is 2. The zero-order chi connectivity index (χ0) is 12.1. The first kappa shape index (κ1) is 15.3. The number of anilines is 1. The highest BCUT2D eigenvalue weighted by atomic mass is 79.9. The summed E-state index contributed by atoms with van der Waals surface area (Å²) < 4.78 is 6.19. The van der Waals surface area contributed by atoms with Crippen molar-refractivity contribution in [2.24, 2.45) is 0 Å². The minimum atomic E-state index is -0.385. The van der Waals surface area contributed by atoms with Gasteiger partial charge in [0.1, 0.15) is 6.10 Å². The molecule has 0 aliphatic carbocycles. The number of hydrogen-bond donors (Lipinski definition) is 2. The maximum atomic E-state index is 11.7. The standard InChI is InChI=1S/C12H15BrN2O2.ClH/c13-10-3-1-2-4-11(10)15-12(16)17-9-5-7-14-8-6-9;/h1-4,9,14H,5-8H2,(H,15,16);1H. The molecule has 1 fully saturated rings. The van der Waals surface area contributed by atoms with Crippen molar-refractivity contribution in [3.05, 3.63) is 28.7 Å². The average molecular weight is 336 g/mol. The molecular weight excluding hydrogens is 320 g/mol. The van der Waals surface area contributed by atoms with E-state index in [0.717, 1.165) is 36.1 Å². The molecule has 1 aliphatic rings. The fraction of sp³-hybridized carbons (Fsp3) is 0.417. The summed E-state index contributed by atoms with van der Waals surface area (Å²) in [5.41, 5.74) is 0.728. The molecule has 0 aromatic heterocycles. The third-order valence-electron chi connectivity index (χ3n) is 2.67. The molecule has 2 rings (SSSR count). The Kier molecular flexibility index (Phi) is 6.46. The van der Waals surface area contributed by atoms with E-state index in [1.54, 1.807) is 0 Å². The van der Waals surface area contributed by atoms with Gasteiger partial charge in [0.05, 0.1) is 5.69 Å². The first-order valence-electron chi connectivity index (χ1n) is 5.68. The van der Waals surface area contributed by atoms with Gasteiger partial charge in [-0.1, -0.05) is 12.1 Å². The lowest BCUT2D eigenvalue weighted by Gasteiger charge is -2.22. The van der Waals surface area contributed by atoms with Crippen molar-refractivity contribution in [1.29, 1.82) is 0 Å². The van der Waals surface area contributed by atoms with Gasteiger partial charge in [-0.15, -0.1) is 12.4 Å². The van der Waals surface area contributed by atoms with E-state index in [1.165, 1.54) is 0 Å². The Bertz CT molecular complexity index is 397. The van der Waals surface area contributed by atoms with Gasteiger partial charge in [-0.05, 0) is 54.0 Å². The number of rotatable bonds is 2. The highest BCUT2D eigenvalue weighted by molar-refractivity contribution is 9.10. The van der Waals surface area contributed by atoms with Crippen LogP contribution in [0.3, 0.4) is 0 Å². The summed E-state index contributed by atoms with van der Waals surface area (Å²) in [7, 11) is 0. The maximum absolute atomic E-state index is 11.7. The summed E-state index contributed by atoms with van der Waals surface area (Å²) in [6.45, 7) is 1.82. The molecule has 0 radical (unpaired) electrons. The summed E-state index contributed by atoms with van der Waals surface area (Å²) >= 11 is 3.37. The Labute approximate surface area is 121 Å². The number of piperidine rings is 1. The Morgan fingerprint density at radius 3 is 2.67 bits per heavy atom. The quantitative estimate of drug-likeness (QED) is 0.873. The smallest absolute Gasteiger partial charge is 0.411 e. The fourth-order valence-electron chi connectivity index (χ4n) is 1.77. The van der Waals surface area contributed by atoms with Gasteiger partial charge in [0.25, 0.3) is 0 Å². The molecular formula is C12H16BrClN2O2. The molecule has 18 heavy (non-hydrogen) atoms. The van der Waals surface area contributed by atoms with Gasteiger partial charge in [-0.3, -0.25) is 5.32 Å². The molecule has 1 saturated heterocycles. The minimum absolute atomic E-state index is 0. The second-order valence-corrected chi connectivity index (χ2v) is 4.81. The first-order valence-corrected chi connectivity index (χ1v) is 6.48. The van der Waals surface area contributed by atoms with Crippen LogP contribution in [0.1, 0.15) is 12.8 Å². The molecule has 1 aromatic rings. The Morgan fingerprint density at radius 1 is 1.33 bits per heavy atom. The first-order chi connectivity index (χ1) is 8.25. The van der Waals surface area contributed by atoms with E-state index < -0.39 is 0 Å². The molecule has 4 nitrogen and oxygen atoms in total. The Hall–Kier alpha value is -0.780. The molecule has 0 saturated carbocycles. The lowest BCUT2D eigenvalue weighted by Crippen LogP contribution is -2.34. The van der Waals surface area contributed by atoms with Crippen LogP contribution in [0, 0.1) is 0 Å². The van der Waals surface area contributed by atoms with Crippen LogP contribution in [-0.4, -0.2) is 25.3 Å². The number of hydrogen-bond acceptors (Lipinski definition) is 3. The number of halogens is 2. The van der Waals surface area contributed by atoms with Crippen LogP contribution in [0.15, 0.2) is 28.7 Å². The van der Waals surface area contributed by atoms with E-state index in [-0.39, 0.29) is 24.6 Å². The zero-order valence-corrected chi connectivity index (χ0v) is 12.2. The largest absolute Gasteiger partial charge is 0.446 e. The molecule has 1 aliphatic heterocycles.